The zero-order valence-electron chi connectivity index (χ0n) is 17.0. The summed E-state index contributed by atoms with van der Waals surface area (Å²) in [6.45, 7) is 1.73. The molecule has 2 atom stereocenters. The Hall–Kier alpha value is -3.35. The van der Waals surface area contributed by atoms with Crippen LogP contribution < -0.4 is 20.7 Å². The van der Waals surface area contributed by atoms with Gasteiger partial charge in [0.1, 0.15) is 5.75 Å². The first-order valence-corrected chi connectivity index (χ1v) is 10.2. The van der Waals surface area contributed by atoms with Crippen LogP contribution >= 0.6 is 0 Å². The van der Waals surface area contributed by atoms with E-state index in [-0.39, 0.29) is 24.3 Å². The summed E-state index contributed by atoms with van der Waals surface area (Å²) in [6, 6.07) is 15.3. The maximum atomic E-state index is 12.6. The van der Waals surface area contributed by atoms with Gasteiger partial charge < -0.3 is 15.4 Å². The number of para-hydroxylation sites is 2. The van der Waals surface area contributed by atoms with Gasteiger partial charge in [-0.05, 0) is 43.0 Å². The Morgan fingerprint density at radius 2 is 1.67 bits per heavy atom. The summed E-state index contributed by atoms with van der Waals surface area (Å²) in [7, 11) is 0. The van der Waals surface area contributed by atoms with Crippen molar-refractivity contribution in [2.45, 2.75) is 38.6 Å². The molecule has 0 saturated heterocycles. The minimum absolute atomic E-state index is 0.0786. The van der Waals surface area contributed by atoms with Gasteiger partial charge >= 0.3 is 6.03 Å². The molecule has 0 aliphatic heterocycles. The van der Waals surface area contributed by atoms with Crippen LogP contribution in [0, 0.1) is 5.92 Å². The summed E-state index contributed by atoms with van der Waals surface area (Å²) < 4.78 is 5.52. The van der Waals surface area contributed by atoms with Crippen LogP contribution in [0.15, 0.2) is 54.6 Å². The Balaban J connectivity index is 1.52. The van der Waals surface area contributed by atoms with Gasteiger partial charge in [0, 0.05) is 11.7 Å². The lowest BCUT2D eigenvalue weighted by molar-refractivity contribution is -0.122. The third-order valence-electron chi connectivity index (χ3n) is 5.20. The highest BCUT2D eigenvalue weighted by Crippen LogP contribution is 2.23. The fraction of sp³-hybridized carbons (Fsp3) is 0.348. The van der Waals surface area contributed by atoms with E-state index in [9.17, 15) is 14.4 Å². The number of amides is 4. The molecule has 1 fully saturated rings. The second kappa shape index (κ2) is 10.4. The minimum Gasteiger partial charge on any atom is -0.483 e. The molecule has 1 aliphatic carbocycles. The van der Waals surface area contributed by atoms with Crippen molar-refractivity contribution >= 4 is 23.5 Å². The normalized spacial score (nSPS) is 18.2. The maximum absolute atomic E-state index is 12.6. The average Bonchev–Trinajstić information content (AvgIpc) is 2.75. The number of hydrogen-bond acceptors (Lipinski definition) is 4. The van der Waals surface area contributed by atoms with Gasteiger partial charge in [0.05, 0.1) is 5.56 Å². The average molecular weight is 409 g/mol. The number of benzene rings is 2. The summed E-state index contributed by atoms with van der Waals surface area (Å²) in [5, 5.41) is 7.94. The van der Waals surface area contributed by atoms with E-state index in [1.807, 2.05) is 18.2 Å². The Morgan fingerprint density at radius 3 is 2.43 bits per heavy atom. The van der Waals surface area contributed by atoms with Crippen LogP contribution in [0.1, 0.15) is 43.0 Å². The topological polar surface area (TPSA) is 96.5 Å². The zero-order chi connectivity index (χ0) is 21.3. The van der Waals surface area contributed by atoms with Crippen LogP contribution in [0.3, 0.4) is 0 Å². The first kappa shape index (κ1) is 21.4. The first-order chi connectivity index (χ1) is 14.5. The number of ether oxygens (including phenoxy) is 1. The van der Waals surface area contributed by atoms with Gasteiger partial charge in [-0.1, -0.05) is 50.1 Å². The summed E-state index contributed by atoms with van der Waals surface area (Å²) >= 11 is 0. The van der Waals surface area contributed by atoms with Gasteiger partial charge in [-0.25, -0.2) is 4.79 Å². The molecule has 7 heteroatoms. The van der Waals surface area contributed by atoms with Gasteiger partial charge in [0.25, 0.3) is 11.8 Å². The molecule has 0 spiro atoms. The number of carbonyl (C=O) groups excluding carboxylic acids is 3. The Kier molecular flexibility index (Phi) is 7.43. The second-order valence-corrected chi connectivity index (χ2v) is 7.49. The summed E-state index contributed by atoms with van der Waals surface area (Å²) in [5.41, 5.74) is 0.957. The van der Waals surface area contributed by atoms with E-state index in [0.717, 1.165) is 19.3 Å². The van der Waals surface area contributed by atoms with Crippen LogP contribution in [-0.2, 0) is 4.79 Å². The highest BCUT2D eigenvalue weighted by molar-refractivity contribution is 6.06. The molecule has 0 heterocycles. The van der Waals surface area contributed by atoms with Gasteiger partial charge in [0.15, 0.2) is 6.61 Å². The first-order valence-electron chi connectivity index (χ1n) is 10.2. The molecule has 1 aliphatic rings. The summed E-state index contributed by atoms with van der Waals surface area (Å²) in [5.74, 6) is -0.260. The molecule has 2 aromatic rings. The van der Waals surface area contributed by atoms with Crippen LogP contribution in [-0.4, -0.2) is 30.5 Å². The van der Waals surface area contributed by atoms with Crippen molar-refractivity contribution in [3.8, 4) is 5.75 Å². The number of urea groups is 1. The maximum Gasteiger partial charge on any atom is 0.321 e. The van der Waals surface area contributed by atoms with Crippen LogP contribution in [0.2, 0.25) is 0 Å². The van der Waals surface area contributed by atoms with Gasteiger partial charge in [0.2, 0.25) is 0 Å². The summed E-state index contributed by atoms with van der Waals surface area (Å²) in [6.07, 6.45) is 4.24. The van der Waals surface area contributed by atoms with Gasteiger partial charge in [-0.2, -0.15) is 0 Å². The fourth-order valence-corrected chi connectivity index (χ4v) is 3.54. The van der Waals surface area contributed by atoms with Crippen molar-refractivity contribution in [1.29, 1.82) is 0 Å². The van der Waals surface area contributed by atoms with Crippen molar-refractivity contribution in [2.75, 3.05) is 11.9 Å². The van der Waals surface area contributed by atoms with Crippen LogP contribution in [0.5, 0.6) is 5.75 Å². The summed E-state index contributed by atoms with van der Waals surface area (Å²) in [4.78, 5) is 36.8. The lowest BCUT2D eigenvalue weighted by atomic mass is 9.86. The lowest BCUT2D eigenvalue weighted by Crippen LogP contribution is -2.48. The van der Waals surface area contributed by atoms with E-state index in [4.69, 9.17) is 4.74 Å². The smallest absolute Gasteiger partial charge is 0.321 e. The number of imide groups is 1. The largest absolute Gasteiger partial charge is 0.483 e. The number of hydrogen-bond donors (Lipinski definition) is 3. The highest BCUT2D eigenvalue weighted by atomic mass is 16.5. The standard InChI is InChI=1S/C23H27N3O4/c1-16-9-5-7-13-19(16)25-23(29)26-21(27)15-30-20-14-8-6-12-18(20)22(28)24-17-10-3-2-4-11-17/h2-4,6,8,10-12,14,16,19H,5,7,9,13,15H2,1H3,(H,24,28)(H2,25,26,27,29)/t16-,19-/m1/s1. The molecule has 0 unspecified atom stereocenters. The van der Waals surface area contributed by atoms with Gasteiger partial charge in [-0.15, -0.1) is 0 Å². The van der Waals surface area contributed by atoms with Gasteiger partial charge in [-0.3, -0.25) is 14.9 Å². The molecule has 3 rings (SSSR count). The quantitative estimate of drug-likeness (QED) is 0.677. The van der Waals surface area contributed by atoms with Crippen molar-refractivity contribution in [3.05, 3.63) is 60.2 Å². The zero-order valence-corrected chi connectivity index (χ0v) is 17.0. The molecular weight excluding hydrogens is 382 g/mol. The predicted octanol–water partition coefficient (Wildman–Crippen LogP) is 3.72. The third-order valence-corrected chi connectivity index (χ3v) is 5.20. The predicted molar refractivity (Wildman–Crippen MR) is 114 cm³/mol. The molecule has 7 nitrogen and oxygen atoms in total. The Labute approximate surface area is 176 Å². The van der Waals surface area contributed by atoms with Crippen LogP contribution in [0.25, 0.3) is 0 Å². The van der Waals surface area contributed by atoms with Crippen molar-refractivity contribution in [1.82, 2.24) is 10.6 Å². The van der Waals surface area contributed by atoms with E-state index in [0.29, 0.717) is 17.2 Å². The number of nitrogens with one attached hydrogen (secondary N) is 3. The van der Waals surface area contributed by atoms with E-state index in [1.165, 1.54) is 6.42 Å². The highest BCUT2D eigenvalue weighted by Gasteiger charge is 2.23. The molecule has 0 radical (unpaired) electrons. The number of rotatable bonds is 6. The van der Waals surface area contributed by atoms with E-state index in [2.05, 4.69) is 22.9 Å². The molecule has 1 saturated carbocycles. The fourth-order valence-electron chi connectivity index (χ4n) is 3.54. The molecule has 0 aromatic heterocycles. The van der Waals surface area contributed by atoms with Crippen LogP contribution in [0.4, 0.5) is 10.5 Å². The molecular formula is C23H27N3O4. The Bertz CT molecular complexity index is 885. The van der Waals surface area contributed by atoms with E-state index in [1.54, 1.807) is 36.4 Å². The van der Waals surface area contributed by atoms with Crippen molar-refractivity contribution in [3.63, 3.8) is 0 Å². The minimum atomic E-state index is -0.575. The lowest BCUT2D eigenvalue weighted by Gasteiger charge is -2.29. The number of carbonyl (C=O) groups is 3. The second-order valence-electron chi connectivity index (χ2n) is 7.49. The molecule has 3 N–H and O–H groups in total. The molecule has 30 heavy (non-hydrogen) atoms. The molecule has 4 amide bonds. The molecule has 2 aromatic carbocycles. The SMILES string of the molecule is C[C@@H]1CCCC[C@H]1NC(=O)NC(=O)COc1ccccc1C(=O)Nc1ccccc1. The van der Waals surface area contributed by atoms with Crippen molar-refractivity contribution in [2.24, 2.45) is 5.92 Å². The van der Waals surface area contributed by atoms with E-state index < -0.39 is 11.9 Å². The number of anilines is 1. The molecule has 0 bridgehead atoms. The Morgan fingerprint density at radius 1 is 0.967 bits per heavy atom. The van der Waals surface area contributed by atoms with E-state index >= 15 is 0 Å². The van der Waals surface area contributed by atoms with Crippen molar-refractivity contribution < 1.29 is 19.1 Å². The monoisotopic (exact) mass is 409 g/mol. The molecule has 158 valence electrons. The third kappa shape index (κ3) is 6.07.